The minimum absolute atomic E-state index is 0.00306. The Morgan fingerprint density at radius 2 is 1.81 bits per heavy atom. The number of hydrogen-bond acceptors (Lipinski definition) is 2. The van der Waals surface area contributed by atoms with Crippen LogP contribution in [-0.4, -0.2) is 17.1 Å². The maximum atomic E-state index is 12.4. The van der Waals surface area contributed by atoms with E-state index in [1.807, 2.05) is 18.2 Å². The fourth-order valence-electron chi connectivity index (χ4n) is 3.00. The van der Waals surface area contributed by atoms with E-state index in [-0.39, 0.29) is 23.3 Å². The van der Waals surface area contributed by atoms with Crippen LogP contribution in [0.1, 0.15) is 42.5 Å². The molecule has 1 saturated carbocycles. The van der Waals surface area contributed by atoms with Gasteiger partial charge in [-0.3, -0.25) is 4.79 Å². The number of phenols is 1. The summed E-state index contributed by atoms with van der Waals surface area (Å²) < 4.78 is 0. The summed E-state index contributed by atoms with van der Waals surface area (Å²) >= 11 is 6.23. The Kier molecular flexibility index (Phi) is 4.02. The van der Waals surface area contributed by atoms with Crippen molar-refractivity contribution >= 4 is 28.3 Å². The summed E-state index contributed by atoms with van der Waals surface area (Å²) in [6, 6.07) is 9.04. The van der Waals surface area contributed by atoms with E-state index in [9.17, 15) is 9.90 Å². The van der Waals surface area contributed by atoms with Gasteiger partial charge >= 0.3 is 0 Å². The van der Waals surface area contributed by atoms with E-state index in [1.165, 1.54) is 6.42 Å². The molecule has 1 aliphatic rings. The first-order valence-corrected chi connectivity index (χ1v) is 7.75. The second-order valence-corrected chi connectivity index (χ2v) is 6.02. The molecule has 0 aliphatic heterocycles. The van der Waals surface area contributed by atoms with Crippen molar-refractivity contribution in [1.29, 1.82) is 0 Å². The Balaban J connectivity index is 1.92. The van der Waals surface area contributed by atoms with Crippen molar-refractivity contribution in [2.24, 2.45) is 0 Å². The van der Waals surface area contributed by atoms with E-state index in [0.29, 0.717) is 10.4 Å². The van der Waals surface area contributed by atoms with Crippen LogP contribution in [0.4, 0.5) is 0 Å². The smallest absolute Gasteiger partial charge is 0.255 e. The van der Waals surface area contributed by atoms with Gasteiger partial charge in [0.05, 0.1) is 5.56 Å². The molecule has 0 heterocycles. The number of carbonyl (C=O) groups excluding carboxylic acids is 1. The zero-order valence-corrected chi connectivity index (χ0v) is 12.5. The summed E-state index contributed by atoms with van der Waals surface area (Å²) in [5.74, 6) is -0.240. The predicted molar refractivity (Wildman–Crippen MR) is 85.0 cm³/mol. The number of hydrogen-bond donors (Lipinski definition) is 2. The molecule has 0 spiro atoms. The van der Waals surface area contributed by atoms with Gasteiger partial charge in [0.2, 0.25) is 0 Å². The van der Waals surface area contributed by atoms with Gasteiger partial charge < -0.3 is 10.4 Å². The lowest BCUT2D eigenvalue weighted by Gasteiger charge is -2.23. The first-order chi connectivity index (χ1) is 10.2. The second-order valence-electron chi connectivity index (χ2n) is 5.61. The highest BCUT2D eigenvalue weighted by molar-refractivity contribution is 6.36. The second kappa shape index (κ2) is 5.94. The van der Waals surface area contributed by atoms with Crippen LogP contribution in [-0.2, 0) is 0 Å². The molecular formula is C17H18ClNO2. The molecule has 1 fully saturated rings. The van der Waals surface area contributed by atoms with E-state index >= 15 is 0 Å². The number of phenolic OH excluding ortho intramolecular Hbond substituents is 1. The molecule has 0 unspecified atom stereocenters. The molecule has 110 valence electrons. The van der Waals surface area contributed by atoms with Crippen LogP contribution >= 0.6 is 11.6 Å². The Hall–Kier alpha value is -1.74. The van der Waals surface area contributed by atoms with Gasteiger partial charge in [0.25, 0.3) is 5.91 Å². The van der Waals surface area contributed by atoms with Crippen LogP contribution in [0.5, 0.6) is 5.75 Å². The highest BCUT2D eigenvalue weighted by atomic mass is 35.5. The molecule has 0 atom stereocenters. The Bertz CT molecular complexity index is 678. The number of carbonyl (C=O) groups is 1. The summed E-state index contributed by atoms with van der Waals surface area (Å²) in [6.45, 7) is 0. The van der Waals surface area contributed by atoms with Gasteiger partial charge in [-0.25, -0.2) is 0 Å². The third-order valence-electron chi connectivity index (χ3n) is 4.15. The molecule has 1 aliphatic carbocycles. The monoisotopic (exact) mass is 303 g/mol. The van der Waals surface area contributed by atoms with Gasteiger partial charge in [-0.05, 0) is 18.9 Å². The maximum Gasteiger partial charge on any atom is 0.255 e. The average Bonchev–Trinajstić information content (AvgIpc) is 2.52. The number of benzene rings is 2. The van der Waals surface area contributed by atoms with Crippen molar-refractivity contribution in [3.8, 4) is 5.75 Å². The van der Waals surface area contributed by atoms with Crippen molar-refractivity contribution in [3.05, 3.63) is 40.9 Å². The lowest BCUT2D eigenvalue weighted by atomic mass is 9.95. The number of amides is 1. The average molecular weight is 304 g/mol. The summed E-state index contributed by atoms with van der Waals surface area (Å²) in [4.78, 5) is 12.4. The Morgan fingerprint density at radius 1 is 1.14 bits per heavy atom. The third kappa shape index (κ3) is 2.84. The van der Waals surface area contributed by atoms with Crippen LogP contribution in [0.3, 0.4) is 0 Å². The van der Waals surface area contributed by atoms with Crippen molar-refractivity contribution in [1.82, 2.24) is 5.32 Å². The standard InChI is InChI=1S/C17H18ClNO2/c18-15-10-14(16(20)13-9-5-4-8-12(13)15)17(21)19-11-6-2-1-3-7-11/h4-5,8-11,20H,1-3,6-7H2,(H,19,21). The number of fused-ring (bicyclic) bond motifs is 1. The Morgan fingerprint density at radius 3 is 2.52 bits per heavy atom. The van der Waals surface area contributed by atoms with Gasteiger partial charge in [-0.1, -0.05) is 55.1 Å². The van der Waals surface area contributed by atoms with Crippen LogP contribution in [0, 0.1) is 0 Å². The molecule has 3 nitrogen and oxygen atoms in total. The van der Waals surface area contributed by atoms with E-state index < -0.39 is 0 Å². The first-order valence-electron chi connectivity index (χ1n) is 7.38. The van der Waals surface area contributed by atoms with E-state index in [0.717, 1.165) is 31.1 Å². The summed E-state index contributed by atoms with van der Waals surface area (Å²) in [7, 11) is 0. The summed E-state index contributed by atoms with van der Waals surface area (Å²) in [6.07, 6.45) is 5.55. The number of rotatable bonds is 2. The van der Waals surface area contributed by atoms with Gasteiger partial charge in [0, 0.05) is 21.8 Å². The lowest BCUT2D eigenvalue weighted by molar-refractivity contribution is 0.0925. The molecular weight excluding hydrogens is 286 g/mol. The minimum Gasteiger partial charge on any atom is -0.506 e. The van der Waals surface area contributed by atoms with Crippen molar-refractivity contribution in [3.63, 3.8) is 0 Å². The van der Waals surface area contributed by atoms with E-state index in [1.54, 1.807) is 12.1 Å². The molecule has 3 rings (SSSR count). The lowest BCUT2D eigenvalue weighted by Crippen LogP contribution is -2.36. The van der Waals surface area contributed by atoms with Crippen molar-refractivity contribution in [2.45, 2.75) is 38.1 Å². The molecule has 2 aromatic carbocycles. The normalized spacial score (nSPS) is 16.0. The maximum absolute atomic E-state index is 12.4. The number of halogens is 1. The molecule has 2 N–H and O–H groups in total. The fraction of sp³-hybridized carbons (Fsp3) is 0.353. The van der Waals surface area contributed by atoms with Crippen molar-refractivity contribution in [2.75, 3.05) is 0 Å². The molecule has 0 bridgehead atoms. The van der Waals surface area contributed by atoms with Crippen LogP contribution in [0.25, 0.3) is 10.8 Å². The SMILES string of the molecule is O=C(NC1CCCCC1)c1cc(Cl)c2ccccc2c1O. The highest BCUT2D eigenvalue weighted by Crippen LogP contribution is 2.34. The zero-order valence-electron chi connectivity index (χ0n) is 11.7. The predicted octanol–water partition coefficient (Wildman–Crippen LogP) is 4.26. The quantitative estimate of drug-likeness (QED) is 0.871. The molecule has 0 radical (unpaired) electrons. The molecule has 21 heavy (non-hydrogen) atoms. The Labute approximate surface area is 128 Å². The fourth-order valence-corrected chi connectivity index (χ4v) is 3.27. The molecule has 0 saturated heterocycles. The summed E-state index contributed by atoms with van der Waals surface area (Å²) in [5.41, 5.74) is 0.254. The van der Waals surface area contributed by atoms with Gasteiger partial charge in [0.1, 0.15) is 5.75 Å². The molecule has 4 heteroatoms. The number of aromatic hydroxyl groups is 1. The summed E-state index contributed by atoms with van der Waals surface area (Å²) in [5, 5.41) is 15.2. The van der Waals surface area contributed by atoms with E-state index in [2.05, 4.69) is 5.32 Å². The van der Waals surface area contributed by atoms with Crippen LogP contribution < -0.4 is 5.32 Å². The topological polar surface area (TPSA) is 49.3 Å². The highest BCUT2D eigenvalue weighted by Gasteiger charge is 2.20. The molecule has 0 aromatic heterocycles. The number of nitrogens with one attached hydrogen (secondary N) is 1. The van der Waals surface area contributed by atoms with Crippen LogP contribution in [0.2, 0.25) is 5.02 Å². The molecule has 1 amide bonds. The van der Waals surface area contributed by atoms with Gasteiger partial charge in [-0.15, -0.1) is 0 Å². The van der Waals surface area contributed by atoms with Crippen molar-refractivity contribution < 1.29 is 9.90 Å². The first kappa shape index (κ1) is 14.2. The zero-order chi connectivity index (χ0) is 14.8. The van der Waals surface area contributed by atoms with Gasteiger partial charge in [0.15, 0.2) is 0 Å². The molecule has 2 aromatic rings. The van der Waals surface area contributed by atoms with E-state index in [4.69, 9.17) is 11.6 Å². The van der Waals surface area contributed by atoms with Crippen LogP contribution in [0.15, 0.2) is 30.3 Å². The minimum atomic E-state index is -0.243. The largest absolute Gasteiger partial charge is 0.506 e. The van der Waals surface area contributed by atoms with Gasteiger partial charge in [-0.2, -0.15) is 0 Å². The third-order valence-corrected chi connectivity index (χ3v) is 4.46.